The van der Waals surface area contributed by atoms with Crippen LogP contribution in [0.15, 0.2) is 36.4 Å². The summed E-state index contributed by atoms with van der Waals surface area (Å²) in [7, 11) is 0. The summed E-state index contributed by atoms with van der Waals surface area (Å²) >= 11 is 11.9. The number of halogens is 2. The standard InChI is InChI=1S/C15H16Cl2N2O/c1-9(2)20-15-8-11(4-6-14(15)18)19-10-3-5-12(16)13(17)7-10/h3-9,19H,18H2,1-2H3. The van der Waals surface area contributed by atoms with E-state index in [2.05, 4.69) is 5.32 Å². The molecule has 3 nitrogen and oxygen atoms in total. The average Bonchev–Trinajstić information content (AvgIpc) is 2.37. The van der Waals surface area contributed by atoms with Crippen molar-refractivity contribution in [2.24, 2.45) is 0 Å². The van der Waals surface area contributed by atoms with E-state index in [9.17, 15) is 0 Å². The number of ether oxygens (including phenoxy) is 1. The van der Waals surface area contributed by atoms with Crippen molar-refractivity contribution in [1.29, 1.82) is 0 Å². The monoisotopic (exact) mass is 310 g/mol. The molecule has 0 bridgehead atoms. The van der Waals surface area contributed by atoms with Crippen molar-refractivity contribution in [1.82, 2.24) is 0 Å². The van der Waals surface area contributed by atoms with E-state index in [0.717, 1.165) is 11.4 Å². The fourth-order valence-electron chi connectivity index (χ4n) is 1.71. The molecular weight excluding hydrogens is 295 g/mol. The van der Waals surface area contributed by atoms with E-state index in [-0.39, 0.29) is 6.10 Å². The lowest BCUT2D eigenvalue weighted by atomic mass is 10.2. The van der Waals surface area contributed by atoms with Crippen LogP contribution in [0, 0.1) is 0 Å². The Balaban J connectivity index is 2.22. The molecule has 3 N–H and O–H groups in total. The molecule has 0 saturated heterocycles. The highest BCUT2D eigenvalue weighted by Gasteiger charge is 2.06. The molecule has 2 rings (SSSR count). The van der Waals surface area contributed by atoms with Crippen LogP contribution in [0.4, 0.5) is 17.1 Å². The number of hydrogen-bond donors (Lipinski definition) is 2. The first-order chi connectivity index (χ1) is 9.45. The number of nitrogen functional groups attached to an aromatic ring is 1. The lowest BCUT2D eigenvalue weighted by Crippen LogP contribution is -2.07. The highest BCUT2D eigenvalue weighted by atomic mass is 35.5. The lowest BCUT2D eigenvalue weighted by Gasteiger charge is -2.14. The molecule has 0 heterocycles. The molecular formula is C15H16Cl2N2O. The number of nitrogens with one attached hydrogen (secondary N) is 1. The van der Waals surface area contributed by atoms with Crippen LogP contribution in [0.3, 0.4) is 0 Å². The molecule has 20 heavy (non-hydrogen) atoms. The molecule has 0 unspecified atom stereocenters. The summed E-state index contributed by atoms with van der Waals surface area (Å²) in [6.07, 6.45) is 0.0672. The van der Waals surface area contributed by atoms with E-state index in [1.54, 1.807) is 18.2 Å². The molecule has 0 amide bonds. The molecule has 0 aromatic heterocycles. The van der Waals surface area contributed by atoms with Gasteiger partial charge in [-0.2, -0.15) is 0 Å². The van der Waals surface area contributed by atoms with Gasteiger partial charge in [0.25, 0.3) is 0 Å². The van der Waals surface area contributed by atoms with Gasteiger partial charge in [-0.25, -0.2) is 0 Å². The van der Waals surface area contributed by atoms with Gasteiger partial charge in [0.1, 0.15) is 5.75 Å². The van der Waals surface area contributed by atoms with E-state index >= 15 is 0 Å². The number of anilines is 3. The van der Waals surface area contributed by atoms with Crippen LogP contribution >= 0.6 is 23.2 Å². The third kappa shape index (κ3) is 3.71. The third-order valence-corrected chi connectivity index (χ3v) is 3.32. The SMILES string of the molecule is CC(C)Oc1cc(Nc2ccc(Cl)c(Cl)c2)ccc1N. The number of nitrogens with two attached hydrogens (primary N) is 1. The van der Waals surface area contributed by atoms with Gasteiger partial charge in [0.05, 0.1) is 21.8 Å². The van der Waals surface area contributed by atoms with E-state index in [1.165, 1.54) is 0 Å². The highest BCUT2D eigenvalue weighted by molar-refractivity contribution is 6.42. The summed E-state index contributed by atoms with van der Waals surface area (Å²) in [5.74, 6) is 0.657. The van der Waals surface area contributed by atoms with Gasteiger partial charge >= 0.3 is 0 Å². The van der Waals surface area contributed by atoms with E-state index < -0.39 is 0 Å². The molecule has 0 atom stereocenters. The van der Waals surface area contributed by atoms with Crippen LogP contribution in [0.5, 0.6) is 5.75 Å². The molecule has 2 aromatic rings. The summed E-state index contributed by atoms with van der Waals surface area (Å²) in [5, 5.41) is 4.27. The first-order valence-electron chi connectivity index (χ1n) is 6.24. The summed E-state index contributed by atoms with van der Waals surface area (Å²) in [6.45, 7) is 3.91. The molecule has 0 aliphatic heterocycles. The van der Waals surface area contributed by atoms with Crippen molar-refractivity contribution in [2.75, 3.05) is 11.1 Å². The molecule has 106 valence electrons. The fourth-order valence-corrected chi connectivity index (χ4v) is 2.01. The summed E-state index contributed by atoms with van der Waals surface area (Å²) in [6, 6.07) is 10.9. The minimum absolute atomic E-state index is 0.0672. The smallest absolute Gasteiger partial charge is 0.144 e. The fraction of sp³-hybridized carbons (Fsp3) is 0.200. The first kappa shape index (κ1) is 14.8. The topological polar surface area (TPSA) is 47.3 Å². The maximum Gasteiger partial charge on any atom is 0.144 e. The Morgan fingerprint density at radius 3 is 2.30 bits per heavy atom. The molecule has 0 spiro atoms. The van der Waals surface area contributed by atoms with Crippen molar-refractivity contribution in [3.05, 3.63) is 46.4 Å². The van der Waals surface area contributed by atoms with Gasteiger partial charge in [0.15, 0.2) is 0 Å². The predicted molar refractivity (Wildman–Crippen MR) is 86.4 cm³/mol. The number of benzene rings is 2. The van der Waals surface area contributed by atoms with Gasteiger partial charge in [-0.05, 0) is 44.2 Å². The second-order valence-electron chi connectivity index (χ2n) is 4.67. The van der Waals surface area contributed by atoms with E-state index in [0.29, 0.717) is 21.5 Å². The highest BCUT2D eigenvalue weighted by Crippen LogP contribution is 2.30. The van der Waals surface area contributed by atoms with Crippen LogP contribution in [0.25, 0.3) is 0 Å². The second-order valence-corrected chi connectivity index (χ2v) is 5.49. The summed E-state index contributed by atoms with van der Waals surface area (Å²) in [4.78, 5) is 0. The number of hydrogen-bond acceptors (Lipinski definition) is 3. The Labute approximate surface area is 128 Å². The predicted octanol–water partition coefficient (Wildman–Crippen LogP) is 5.11. The van der Waals surface area contributed by atoms with Gasteiger partial charge in [0, 0.05) is 17.4 Å². The molecule has 2 aromatic carbocycles. The van der Waals surface area contributed by atoms with Gasteiger partial charge in [-0.15, -0.1) is 0 Å². The first-order valence-corrected chi connectivity index (χ1v) is 6.99. The zero-order valence-corrected chi connectivity index (χ0v) is 12.8. The zero-order chi connectivity index (χ0) is 14.7. The summed E-state index contributed by atoms with van der Waals surface area (Å²) < 4.78 is 5.65. The van der Waals surface area contributed by atoms with Crippen molar-refractivity contribution in [3.63, 3.8) is 0 Å². The largest absolute Gasteiger partial charge is 0.489 e. The Bertz CT molecular complexity index is 615. The van der Waals surface area contributed by atoms with Crippen molar-refractivity contribution in [2.45, 2.75) is 20.0 Å². The van der Waals surface area contributed by atoms with Crippen LogP contribution in [0.1, 0.15) is 13.8 Å². The van der Waals surface area contributed by atoms with Gasteiger partial charge in [-0.1, -0.05) is 23.2 Å². The van der Waals surface area contributed by atoms with Crippen molar-refractivity contribution < 1.29 is 4.74 Å². The quantitative estimate of drug-likeness (QED) is 0.772. The van der Waals surface area contributed by atoms with Crippen molar-refractivity contribution >= 4 is 40.3 Å². The third-order valence-electron chi connectivity index (χ3n) is 2.58. The minimum Gasteiger partial charge on any atom is -0.489 e. The Kier molecular flexibility index (Phi) is 4.63. The van der Waals surface area contributed by atoms with Gasteiger partial charge < -0.3 is 15.8 Å². The number of rotatable bonds is 4. The van der Waals surface area contributed by atoms with Gasteiger partial charge in [-0.3, -0.25) is 0 Å². The van der Waals surface area contributed by atoms with Crippen LogP contribution < -0.4 is 15.8 Å². The minimum atomic E-state index is 0.0672. The molecule has 0 aliphatic rings. The molecule has 5 heteroatoms. The van der Waals surface area contributed by atoms with E-state index in [4.69, 9.17) is 33.7 Å². The Hall–Kier alpha value is -1.58. The molecule has 0 saturated carbocycles. The Morgan fingerprint density at radius 2 is 1.65 bits per heavy atom. The van der Waals surface area contributed by atoms with Crippen LogP contribution in [-0.2, 0) is 0 Å². The van der Waals surface area contributed by atoms with Crippen LogP contribution in [-0.4, -0.2) is 6.10 Å². The summed E-state index contributed by atoms with van der Waals surface area (Å²) in [5.41, 5.74) is 8.21. The average molecular weight is 311 g/mol. The molecule has 0 radical (unpaired) electrons. The van der Waals surface area contributed by atoms with E-state index in [1.807, 2.05) is 32.0 Å². The van der Waals surface area contributed by atoms with Gasteiger partial charge in [0.2, 0.25) is 0 Å². The Morgan fingerprint density at radius 1 is 1.00 bits per heavy atom. The van der Waals surface area contributed by atoms with Crippen molar-refractivity contribution in [3.8, 4) is 5.75 Å². The zero-order valence-electron chi connectivity index (χ0n) is 11.3. The lowest BCUT2D eigenvalue weighted by molar-refractivity contribution is 0.244. The maximum absolute atomic E-state index is 5.99. The molecule has 0 fully saturated rings. The maximum atomic E-state index is 5.99. The van der Waals surface area contributed by atoms with Crippen LogP contribution in [0.2, 0.25) is 10.0 Å². The second kappa shape index (κ2) is 6.25. The normalized spacial score (nSPS) is 10.7. The molecule has 0 aliphatic carbocycles.